The minimum absolute atomic E-state index is 0.791. The quantitative estimate of drug-likeness (QED) is 0.627. The highest BCUT2D eigenvalue weighted by Gasteiger charge is 2.15. The molecule has 0 atom stereocenters. The fourth-order valence-corrected chi connectivity index (χ4v) is 2.39. The molecule has 1 aliphatic rings. The van der Waals surface area contributed by atoms with Crippen LogP contribution in [0.1, 0.15) is 26.7 Å². The normalized spacial score (nSPS) is 15.7. The Morgan fingerprint density at radius 2 is 1.95 bits per heavy atom. The highest BCUT2D eigenvalue weighted by Crippen LogP contribution is 2.26. The third kappa shape index (κ3) is 4.91. The number of guanidine groups is 1. The van der Waals surface area contributed by atoms with E-state index in [0.717, 1.165) is 63.9 Å². The molecule has 5 nitrogen and oxygen atoms in total. The first-order valence-electron chi connectivity index (χ1n) is 8.32. The summed E-state index contributed by atoms with van der Waals surface area (Å²) in [5, 5.41) is 6.85. The van der Waals surface area contributed by atoms with Gasteiger partial charge in [-0.15, -0.1) is 0 Å². The van der Waals surface area contributed by atoms with E-state index < -0.39 is 0 Å². The zero-order valence-corrected chi connectivity index (χ0v) is 13.8. The van der Waals surface area contributed by atoms with Crippen molar-refractivity contribution in [2.45, 2.75) is 26.7 Å². The molecular weight excluding hydrogens is 276 g/mol. The Balaban J connectivity index is 2.12. The third-order valence-corrected chi connectivity index (χ3v) is 3.54. The Hall–Kier alpha value is -1.75. The summed E-state index contributed by atoms with van der Waals surface area (Å²) in [6, 6.07) is 8.41. The summed E-state index contributed by atoms with van der Waals surface area (Å²) in [4.78, 5) is 6.98. The topological polar surface area (TPSA) is 48.9 Å². The highest BCUT2D eigenvalue weighted by atomic mass is 16.5. The lowest BCUT2D eigenvalue weighted by Crippen LogP contribution is -2.37. The van der Waals surface area contributed by atoms with Gasteiger partial charge in [0.2, 0.25) is 0 Å². The van der Waals surface area contributed by atoms with E-state index in [0.29, 0.717) is 0 Å². The molecule has 1 aromatic carbocycles. The number of para-hydroxylation sites is 2. The fourth-order valence-electron chi connectivity index (χ4n) is 2.39. The number of rotatable bonds is 6. The SMILES string of the molecule is CCCN=C(NCCC)Nc1ccccc1N1CCOCC1. The third-order valence-electron chi connectivity index (χ3n) is 3.54. The van der Waals surface area contributed by atoms with E-state index in [1.807, 2.05) is 0 Å². The second kappa shape index (κ2) is 9.30. The number of nitrogens with zero attached hydrogens (tertiary/aromatic N) is 2. The van der Waals surface area contributed by atoms with Crippen LogP contribution in [0.5, 0.6) is 0 Å². The van der Waals surface area contributed by atoms with Gasteiger partial charge < -0.3 is 20.3 Å². The van der Waals surface area contributed by atoms with Crippen LogP contribution in [-0.2, 0) is 4.74 Å². The molecule has 1 aliphatic heterocycles. The molecule has 0 aromatic heterocycles. The number of hydrogen-bond donors (Lipinski definition) is 2. The highest BCUT2D eigenvalue weighted by molar-refractivity contribution is 5.96. The van der Waals surface area contributed by atoms with Gasteiger partial charge in [0.25, 0.3) is 0 Å². The number of anilines is 2. The minimum Gasteiger partial charge on any atom is -0.378 e. The largest absolute Gasteiger partial charge is 0.378 e. The molecule has 1 saturated heterocycles. The average Bonchev–Trinajstić information content (AvgIpc) is 2.58. The van der Waals surface area contributed by atoms with Gasteiger partial charge in [-0.3, -0.25) is 4.99 Å². The maximum atomic E-state index is 5.45. The van der Waals surface area contributed by atoms with E-state index in [2.05, 4.69) is 58.6 Å². The molecule has 0 spiro atoms. The van der Waals surface area contributed by atoms with Crippen molar-refractivity contribution in [2.75, 3.05) is 49.6 Å². The molecule has 1 fully saturated rings. The van der Waals surface area contributed by atoms with Gasteiger partial charge in [-0.25, -0.2) is 0 Å². The predicted octanol–water partition coefficient (Wildman–Crippen LogP) is 2.70. The molecule has 22 heavy (non-hydrogen) atoms. The van der Waals surface area contributed by atoms with Crippen LogP contribution in [0.2, 0.25) is 0 Å². The second-order valence-electron chi connectivity index (χ2n) is 5.40. The van der Waals surface area contributed by atoms with Gasteiger partial charge in [-0.1, -0.05) is 26.0 Å². The predicted molar refractivity (Wildman–Crippen MR) is 94.0 cm³/mol. The summed E-state index contributed by atoms with van der Waals surface area (Å²) in [7, 11) is 0. The molecule has 122 valence electrons. The smallest absolute Gasteiger partial charge is 0.195 e. The van der Waals surface area contributed by atoms with E-state index in [-0.39, 0.29) is 0 Å². The molecule has 2 rings (SSSR count). The van der Waals surface area contributed by atoms with Crippen molar-refractivity contribution in [3.63, 3.8) is 0 Å². The molecule has 5 heteroatoms. The lowest BCUT2D eigenvalue weighted by Gasteiger charge is -2.30. The summed E-state index contributed by atoms with van der Waals surface area (Å²) >= 11 is 0. The second-order valence-corrected chi connectivity index (χ2v) is 5.40. The van der Waals surface area contributed by atoms with Crippen LogP contribution in [0.4, 0.5) is 11.4 Å². The number of hydrogen-bond acceptors (Lipinski definition) is 3. The summed E-state index contributed by atoms with van der Waals surface area (Å²) in [5.74, 6) is 0.865. The number of benzene rings is 1. The number of morpholine rings is 1. The lowest BCUT2D eigenvalue weighted by molar-refractivity contribution is 0.123. The maximum Gasteiger partial charge on any atom is 0.195 e. The van der Waals surface area contributed by atoms with E-state index in [1.165, 1.54) is 5.69 Å². The lowest BCUT2D eigenvalue weighted by atomic mass is 10.2. The first-order chi connectivity index (χ1) is 10.8. The van der Waals surface area contributed by atoms with Crippen LogP contribution in [-0.4, -0.2) is 45.4 Å². The van der Waals surface area contributed by atoms with Crippen molar-refractivity contribution >= 4 is 17.3 Å². The number of nitrogens with one attached hydrogen (secondary N) is 2. The Morgan fingerprint density at radius 3 is 2.68 bits per heavy atom. The van der Waals surface area contributed by atoms with Gasteiger partial charge in [0.05, 0.1) is 24.6 Å². The van der Waals surface area contributed by atoms with Crippen molar-refractivity contribution in [1.29, 1.82) is 0 Å². The van der Waals surface area contributed by atoms with E-state index in [9.17, 15) is 0 Å². The van der Waals surface area contributed by atoms with Gasteiger partial charge in [0.15, 0.2) is 5.96 Å². The molecule has 1 heterocycles. The zero-order chi connectivity index (χ0) is 15.6. The molecule has 0 aliphatic carbocycles. The number of aliphatic imine (C=N–C) groups is 1. The molecule has 1 aromatic rings. The summed E-state index contributed by atoms with van der Waals surface area (Å²) < 4.78 is 5.45. The van der Waals surface area contributed by atoms with Crippen molar-refractivity contribution in [3.8, 4) is 0 Å². The molecule has 0 bridgehead atoms. The van der Waals surface area contributed by atoms with Crippen LogP contribution < -0.4 is 15.5 Å². The maximum absolute atomic E-state index is 5.45. The average molecular weight is 304 g/mol. The van der Waals surface area contributed by atoms with Crippen LogP contribution in [0, 0.1) is 0 Å². The molecular formula is C17H28N4O. The summed E-state index contributed by atoms with van der Waals surface area (Å²) in [6.45, 7) is 9.51. The Morgan fingerprint density at radius 1 is 1.18 bits per heavy atom. The summed E-state index contributed by atoms with van der Waals surface area (Å²) in [6.07, 6.45) is 2.13. The van der Waals surface area contributed by atoms with Crippen LogP contribution in [0.3, 0.4) is 0 Å². The van der Waals surface area contributed by atoms with E-state index in [4.69, 9.17) is 4.74 Å². The van der Waals surface area contributed by atoms with Crippen molar-refractivity contribution in [3.05, 3.63) is 24.3 Å². The summed E-state index contributed by atoms with van der Waals surface area (Å²) in [5.41, 5.74) is 2.32. The van der Waals surface area contributed by atoms with Gasteiger partial charge >= 0.3 is 0 Å². The first kappa shape index (κ1) is 16.6. The van der Waals surface area contributed by atoms with E-state index in [1.54, 1.807) is 0 Å². The molecule has 0 amide bonds. The monoisotopic (exact) mass is 304 g/mol. The van der Waals surface area contributed by atoms with Crippen molar-refractivity contribution < 1.29 is 4.74 Å². The number of ether oxygens (including phenoxy) is 1. The van der Waals surface area contributed by atoms with Crippen molar-refractivity contribution in [1.82, 2.24) is 5.32 Å². The molecule has 0 saturated carbocycles. The van der Waals surface area contributed by atoms with Gasteiger partial charge in [-0.05, 0) is 25.0 Å². The van der Waals surface area contributed by atoms with Crippen LogP contribution in [0.25, 0.3) is 0 Å². The fraction of sp³-hybridized carbons (Fsp3) is 0.588. The zero-order valence-electron chi connectivity index (χ0n) is 13.8. The minimum atomic E-state index is 0.791. The van der Waals surface area contributed by atoms with Gasteiger partial charge in [-0.2, -0.15) is 0 Å². The van der Waals surface area contributed by atoms with Gasteiger partial charge in [0.1, 0.15) is 0 Å². The standard InChI is InChI=1S/C17H28N4O/c1-3-9-18-17(19-10-4-2)20-15-7-5-6-8-16(15)21-11-13-22-14-12-21/h5-8H,3-4,9-14H2,1-2H3,(H2,18,19,20). The first-order valence-corrected chi connectivity index (χ1v) is 8.32. The molecule has 2 N–H and O–H groups in total. The Labute approximate surface area is 133 Å². The van der Waals surface area contributed by atoms with Crippen LogP contribution in [0.15, 0.2) is 29.3 Å². The molecule has 0 radical (unpaired) electrons. The van der Waals surface area contributed by atoms with E-state index >= 15 is 0 Å². The molecule has 0 unspecified atom stereocenters. The van der Waals surface area contributed by atoms with Crippen molar-refractivity contribution in [2.24, 2.45) is 4.99 Å². The van der Waals surface area contributed by atoms with Gasteiger partial charge in [0, 0.05) is 26.2 Å². The Kier molecular flexibility index (Phi) is 7.03. The van der Waals surface area contributed by atoms with Crippen LogP contribution >= 0.6 is 0 Å². The Bertz CT molecular complexity index is 469.